The number of anilines is 2. The molecule has 0 radical (unpaired) electrons. The highest BCUT2D eigenvalue weighted by Crippen LogP contribution is 2.24. The maximum Gasteiger partial charge on any atom is 0.296 e. The molecule has 2 aromatic carbocycles. The van der Waals surface area contributed by atoms with Gasteiger partial charge in [-0.15, -0.1) is 0 Å². The number of nitrogen functional groups attached to an aromatic ring is 1. The summed E-state index contributed by atoms with van der Waals surface area (Å²) in [6.45, 7) is 2.18. The van der Waals surface area contributed by atoms with E-state index in [0.717, 1.165) is 5.56 Å². The maximum atomic E-state index is 12.7. The third kappa shape index (κ3) is 4.52. The summed E-state index contributed by atoms with van der Waals surface area (Å²) in [5.74, 6) is 0.0173. The number of amides is 1. The Kier molecular flexibility index (Phi) is 6.15. The topological polar surface area (TPSA) is 84.5 Å². The zero-order valence-corrected chi connectivity index (χ0v) is 18.2. The molecule has 1 aromatic heterocycles. The molecule has 1 aliphatic rings. The summed E-state index contributed by atoms with van der Waals surface area (Å²) in [6.07, 6.45) is 1.87. The van der Waals surface area contributed by atoms with Gasteiger partial charge in [-0.3, -0.25) is 9.59 Å². The lowest BCUT2D eigenvalue weighted by molar-refractivity contribution is -0.130. The van der Waals surface area contributed by atoms with E-state index in [0.29, 0.717) is 47.6 Å². The van der Waals surface area contributed by atoms with E-state index in [1.54, 1.807) is 41.4 Å². The predicted molar refractivity (Wildman–Crippen MR) is 123 cm³/mol. The highest BCUT2D eigenvalue weighted by Gasteiger charge is 2.24. The van der Waals surface area contributed by atoms with Crippen LogP contribution in [-0.2, 0) is 11.2 Å². The molecule has 3 aromatic rings. The lowest BCUT2D eigenvalue weighted by Crippen LogP contribution is -2.49. The molecule has 0 bridgehead atoms. The largest absolute Gasteiger partial charge is 0.392 e. The summed E-state index contributed by atoms with van der Waals surface area (Å²) < 4.78 is 1.29. The zero-order chi connectivity index (χ0) is 22.0. The quantitative estimate of drug-likeness (QED) is 0.650. The number of hydrogen-bond donors (Lipinski definition) is 1. The monoisotopic (exact) mass is 457 g/mol. The van der Waals surface area contributed by atoms with Gasteiger partial charge in [-0.1, -0.05) is 47.5 Å². The third-order valence-electron chi connectivity index (χ3n) is 5.31. The number of benzene rings is 2. The van der Waals surface area contributed by atoms with E-state index < -0.39 is 0 Å². The van der Waals surface area contributed by atoms with Crippen LogP contribution >= 0.6 is 23.2 Å². The molecule has 4 rings (SSSR count). The lowest BCUT2D eigenvalue weighted by atomic mass is 10.1. The summed E-state index contributed by atoms with van der Waals surface area (Å²) >= 11 is 12.0. The number of halogens is 2. The fraction of sp³-hybridized carbons (Fsp3) is 0.227. The number of carbonyl (C=O) groups excluding carboxylic acids is 1. The van der Waals surface area contributed by atoms with Crippen molar-refractivity contribution in [3.05, 3.63) is 80.7 Å². The minimum absolute atomic E-state index is 0.0173. The van der Waals surface area contributed by atoms with E-state index in [9.17, 15) is 9.59 Å². The van der Waals surface area contributed by atoms with E-state index in [1.165, 1.54) is 4.68 Å². The van der Waals surface area contributed by atoms with Gasteiger partial charge in [0.2, 0.25) is 5.91 Å². The summed E-state index contributed by atoms with van der Waals surface area (Å²) in [6, 6.07) is 14.3. The number of carbonyl (C=O) groups is 1. The van der Waals surface area contributed by atoms with Crippen LogP contribution in [0.5, 0.6) is 0 Å². The first-order chi connectivity index (χ1) is 14.9. The Morgan fingerprint density at radius 2 is 1.71 bits per heavy atom. The van der Waals surface area contributed by atoms with Gasteiger partial charge < -0.3 is 15.5 Å². The number of para-hydroxylation sites is 1. The molecule has 0 saturated carbocycles. The van der Waals surface area contributed by atoms with Crippen molar-refractivity contribution in [3.8, 4) is 5.69 Å². The highest BCUT2D eigenvalue weighted by molar-refractivity contribution is 6.42. The molecule has 31 heavy (non-hydrogen) atoms. The molecular weight excluding hydrogens is 437 g/mol. The van der Waals surface area contributed by atoms with E-state index >= 15 is 0 Å². The molecule has 1 aliphatic heterocycles. The molecule has 0 unspecified atom stereocenters. The van der Waals surface area contributed by atoms with Crippen LogP contribution in [-0.4, -0.2) is 46.8 Å². The second-order valence-electron chi connectivity index (χ2n) is 7.29. The molecular formula is C22H21Cl2N5O2. The van der Waals surface area contributed by atoms with Crippen molar-refractivity contribution in [3.63, 3.8) is 0 Å². The highest BCUT2D eigenvalue weighted by atomic mass is 35.5. The van der Waals surface area contributed by atoms with Crippen LogP contribution in [0.15, 0.2) is 59.5 Å². The molecule has 1 fully saturated rings. The van der Waals surface area contributed by atoms with Gasteiger partial charge in [0.05, 0.1) is 34.0 Å². The Morgan fingerprint density at radius 3 is 2.39 bits per heavy atom. The number of aromatic nitrogens is 2. The smallest absolute Gasteiger partial charge is 0.296 e. The standard InChI is InChI=1S/C22H21Cl2N5O2/c23-17-7-6-15(12-18(17)24)13-20(30)28-10-8-27(9-11-28)19-14-26-29(22(31)21(19)25)16-4-2-1-3-5-16/h1-7,12,14H,8-11,13,25H2. The molecule has 160 valence electrons. The van der Waals surface area contributed by atoms with E-state index in [2.05, 4.69) is 5.10 Å². The molecule has 0 spiro atoms. The van der Waals surface area contributed by atoms with Crippen molar-refractivity contribution in [2.75, 3.05) is 36.8 Å². The van der Waals surface area contributed by atoms with E-state index in [1.807, 2.05) is 23.1 Å². The number of hydrogen-bond acceptors (Lipinski definition) is 5. The second kappa shape index (κ2) is 8.99. The van der Waals surface area contributed by atoms with Crippen LogP contribution < -0.4 is 16.2 Å². The number of piperazine rings is 1. The third-order valence-corrected chi connectivity index (χ3v) is 6.05. The molecule has 7 nitrogen and oxygen atoms in total. The molecule has 2 heterocycles. The van der Waals surface area contributed by atoms with Gasteiger partial charge in [0.15, 0.2) is 0 Å². The van der Waals surface area contributed by atoms with Gasteiger partial charge in [-0.25, -0.2) is 0 Å². The average Bonchev–Trinajstić information content (AvgIpc) is 2.79. The molecule has 9 heteroatoms. The van der Waals surface area contributed by atoms with Crippen molar-refractivity contribution in [1.82, 2.24) is 14.7 Å². The number of rotatable bonds is 4. The zero-order valence-electron chi connectivity index (χ0n) is 16.7. The first kappa shape index (κ1) is 21.2. The van der Waals surface area contributed by atoms with Crippen molar-refractivity contribution in [2.45, 2.75) is 6.42 Å². The van der Waals surface area contributed by atoms with Crippen LogP contribution in [0.4, 0.5) is 11.4 Å². The van der Waals surface area contributed by atoms with Crippen LogP contribution in [0, 0.1) is 0 Å². The minimum atomic E-state index is -0.359. The van der Waals surface area contributed by atoms with Gasteiger partial charge >= 0.3 is 0 Å². The van der Waals surface area contributed by atoms with Crippen molar-refractivity contribution in [1.29, 1.82) is 0 Å². The van der Waals surface area contributed by atoms with Crippen molar-refractivity contribution >= 4 is 40.5 Å². The minimum Gasteiger partial charge on any atom is -0.392 e. The first-order valence-electron chi connectivity index (χ1n) is 9.84. The number of nitrogens with zero attached hydrogens (tertiary/aromatic N) is 4. The molecule has 1 amide bonds. The van der Waals surface area contributed by atoms with Crippen LogP contribution in [0.2, 0.25) is 10.0 Å². The Hall–Kier alpha value is -3.03. The lowest BCUT2D eigenvalue weighted by Gasteiger charge is -2.36. The predicted octanol–water partition coefficient (Wildman–Crippen LogP) is 3.01. The molecule has 0 atom stereocenters. The van der Waals surface area contributed by atoms with Gasteiger partial charge in [0, 0.05) is 26.2 Å². The van der Waals surface area contributed by atoms with Crippen LogP contribution in [0.3, 0.4) is 0 Å². The molecule has 2 N–H and O–H groups in total. The van der Waals surface area contributed by atoms with E-state index in [4.69, 9.17) is 28.9 Å². The molecule has 0 aliphatic carbocycles. The summed E-state index contributed by atoms with van der Waals surface area (Å²) in [7, 11) is 0. The van der Waals surface area contributed by atoms with Crippen molar-refractivity contribution in [2.24, 2.45) is 0 Å². The SMILES string of the molecule is Nc1c(N2CCN(C(=O)Cc3ccc(Cl)c(Cl)c3)CC2)cnn(-c2ccccc2)c1=O. The van der Waals surface area contributed by atoms with Crippen LogP contribution in [0.25, 0.3) is 5.69 Å². The van der Waals surface area contributed by atoms with Crippen LogP contribution in [0.1, 0.15) is 5.56 Å². The second-order valence-corrected chi connectivity index (χ2v) is 8.10. The van der Waals surface area contributed by atoms with Gasteiger partial charge in [0.1, 0.15) is 5.69 Å². The summed E-state index contributed by atoms with van der Waals surface area (Å²) in [4.78, 5) is 29.2. The summed E-state index contributed by atoms with van der Waals surface area (Å²) in [5, 5.41) is 5.19. The Labute approximate surface area is 189 Å². The fourth-order valence-electron chi connectivity index (χ4n) is 3.60. The normalized spacial score (nSPS) is 14.0. The fourth-order valence-corrected chi connectivity index (χ4v) is 3.92. The van der Waals surface area contributed by atoms with Gasteiger partial charge in [-0.05, 0) is 29.8 Å². The Morgan fingerprint density at radius 1 is 1.00 bits per heavy atom. The Bertz CT molecular complexity index is 1160. The molecule has 1 saturated heterocycles. The van der Waals surface area contributed by atoms with Crippen molar-refractivity contribution < 1.29 is 4.79 Å². The summed E-state index contributed by atoms with van der Waals surface area (Å²) in [5.41, 5.74) is 8.01. The Balaban J connectivity index is 1.42. The van der Waals surface area contributed by atoms with Gasteiger partial charge in [-0.2, -0.15) is 9.78 Å². The van der Waals surface area contributed by atoms with Gasteiger partial charge in [0.25, 0.3) is 5.56 Å². The maximum absolute atomic E-state index is 12.7. The number of nitrogens with two attached hydrogens (primary N) is 1. The first-order valence-corrected chi connectivity index (χ1v) is 10.6. The average molecular weight is 458 g/mol. The van der Waals surface area contributed by atoms with E-state index in [-0.39, 0.29) is 23.6 Å².